The highest BCUT2D eigenvalue weighted by molar-refractivity contribution is 5.97. The van der Waals surface area contributed by atoms with Crippen molar-refractivity contribution in [3.05, 3.63) is 42.5 Å². The molecule has 1 N–H and O–H groups in total. The van der Waals surface area contributed by atoms with Crippen molar-refractivity contribution in [2.45, 2.75) is 33.2 Å². The molecule has 0 radical (unpaired) electrons. The number of amides is 1. The molecule has 5 nitrogen and oxygen atoms in total. The second-order valence-electron chi connectivity index (χ2n) is 6.54. The van der Waals surface area contributed by atoms with Crippen LogP contribution < -0.4 is 5.32 Å². The molecule has 1 amide bonds. The third-order valence-electron chi connectivity index (χ3n) is 4.51. The number of pyridine rings is 2. The van der Waals surface area contributed by atoms with E-state index in [0.717, 1.165) is 29.3 Å². The Bertz CT molecular complexity index is 924. The second kappa shape index (κ2) is 5.74. The predicted molar refractivity (Wildman–Crippen MR) is 94.7 cm³/mol. The minimum absolute atomic E-state index is 0.123. The summed E-state index contributed by atoms with van der Waals surface area (Å²) in [4.78, 5) is 20.1. The quantitative estimate of drug-likeness (QED) is 0.796. The normalized spacial score (nSPS) is 14.1. The fourth-order valence-electron chi connectivity index (χ4n) is 3.19. The Balaban J connectivity index is 1.80. The summed E-state index contributed by atoms with van der Waals surface area (Å²) in [5.41, 5.74) is 4.34. The lowest BCUT2D eigenvalue weighted by atomic mass is 10.0. The average Bonchev–Trinajstić information content (AvgIpc) is 3.26. The van der Waals surface area contributed by atoms with Gasteiger partial charge >= 0.3 is 0 Å². The van der Waals surface area contributed by atoms with E-state index in [1.54, 1.807) is 6.20 Å². The van der Waals surface area contributed by atoms with Crippen molar-refractivity contribution in [1.29, 1.82) is 0 Å². The van der Waals surface area contributed by atoms with Gasteiger partial charge in [0.2, 0.25) is 5.91 Å². The molecule has 0 bridgehead atoms. The molecule has 1 aliphatic carbocycles. The molecule has 3 aromatic rings. The van der Waals surface area contributed by atoms with Gasteiger partial charge in [0.1, 0.15) is 5.82 Å². The summed E-state index contributed by atoms with van der Waals surface area (Å²) in [7, 11) is 0. The molecule has 24 heavy (non-hydrogen) atoms. The van der Waals surface area contributed by atoms with Crippen LogP contribution in [0.4, 0.5) is 5.82 Å². The SMILES string of the molecule is CC(=O)Nc1cc(-c2cnc(C)c3c2ccn3CC2CC2)ccn1. The van der Waals surface area contributed by atoms with Crippen LogP contribution >= 0.6 is 0 Å². The lowest BCUT2D eigenvalue weighted by Gasteiger charge is -2.10. The Morgan fingerprint density at radius 1 is 1.33 bits per heavy atom. The number of fused-ring (bicyclic) bond motifs is 1. The molecule has 3 heterocycles. The molecule has 0 unspecified atom stereocenters. The van der Waals surface area contributed by atoms with Gasteiger partial charge in [0.25, 0.3) is 0 Å². The molecule has 0 aliphatic heterocycles. The van der Waals surface area contributed by atoms with E-state index in [9.17, 15) is 4.79 Å². The molecule has 122 valence electrons. The van der Waals surface area contributed by atoms with Crippen LogP contribution in [0, 0.1) is 12.8 Å². The van der Waals surface area contributed by atoms with Crippen molar-refractivity contribution in [2.24, 2.45) is 5.92 Å². The molecule has 4 rings (SSSR count). The molecule has 5 heteroatoms. The van der Waals surface area contributed by atoms with Gasteiger partial charge in [-0.25, -0.2) is 4.98 Å². The standard InChI is InChI=1S/C19H20N4O/c1-12-19-16(6-8-23(19)11-14-3-4-14)17(10-21-12)15-5-7-20-18(9-15)22-13(2)24/h5-10,14H,3-4,11H2,1-2H3,(H,20,22,24). The van der Waals surface area contributed by atoms with Gasteiger partial charge in [0.15, 0.2) is 0 Å². The van der Waals surface area contributed by atoms with Crippen LogP contribution in [0.25, 0.3) is 22.0 Å². The third kappa shape index (κ3) is 2.77. The Morgan fingerprint density at radius 2 is 2.17 bits per heavy atom. The summed E-state index contributed by atoms with van der Waals surface area (Å²) in [5, 5.41) is 3.94. The molecule has 0 aromatic carbocycles. The Kier molecular flexibility index (Phi) is 3.56. The topological polar surface area (TPSA) is 59.8 Å². The number of carbonyl (C=O) groups excluding carboxylic acids is 1. The zero-order valence-corrected chi connectivity index (χ0v) is 13.9. The van der Waals surface area contributed by atoms with Gasteiger partial charge in [0, 0.05) is 43.0 Å². The number of aromatic nitrogens is 3. The smallest absolute Gasteiger partial charge is 0.222 e. The average molecular weight is 320 g/mol. The van der Waals surface area contributed by atoms with Crippen molar-refractivity contribution in [3.8, 4) is 11.1 Å². The fraction of sp³-hybridized carbons (Fsp3) is 0.316. The maximum absolute atomic E-state index is 11.3. The number of nitrogens with zero attached hydrogens (tertiary/aromatic N) is 3. The van der Waals surface area contributed by atoms with Gasteiger partial charge in [0.05, 0.1) is 11.2 Å². The van der Waals surface area contributed by atoms with Crippen molar-refractivity contribution in [2.75, 3.05) is 5.32 Å². The highest BCUT2D eigenvalue weighted by Crippen LogP contribution is 2.35. The van der Waals surface area contributed by atoms with Crippen LogP contribution in [0.1, 0.15) is 25.5 Å². The summed E-state index contributed by atoms with van der Waals surface area (Å²) < 4.78 is 2.33. The molecule has 1 aliphatic rings. The van der Waals surface area contributed by atoms with Gasteiger partial charge in [-0.05, 0) is 49.4 Å². The fourth-order valence-corrected chi connectivity index (χ4v) is 3.19. The Morgan fingerprint density at radius 3 is 2.92 bits per heavy atom. The van der Waals surface area contributed by atoms with E-state index in [-0.39, 0.29) is 5.91 Å². The molecular formula is C19H20N4O. The van der Waals surface area contributed by atoms with Gasteiger partial charge in [-0.15, -0.1) is 0 Å². The number of hydrogen-bond acceptors (Lipinski definition) is 3. The van der Waals surface area contributed by atoms with Crippen molar-refractivity contribution in [3.63, 3.8) is 0 Å². The van der Waals surface area contributed by atoms with Crippen LogP contribution in [0.5, 0.6) is 0 Å². The maximum Gasteiger partial charge on any atom is 0.222 e. The highest BCUT2D eigenvalue weighted by atomic mass is 16.1. The highest BCUT2D eigenvalue weighted by Gasteiger charge is 2.23. The lowest BCUT2D eigenvalue weighted by Crippen LogP contribution is -2.07. The molecule has 1 saturated carbocycles. The van der Waals surface area contributed by atoms with Crippen LogP contribution in [0.15, 0.2) is 36.8 Å². The first-order chi connectivity index (χ1) is 11.6. The van der Waals surface area contributed by atoms with E-state index in [1.807, 2.05) is 18.3 Å². The zero-order valence-electron chi connectivity index (χ0n) is 13.9. The summed E-state index contributed by atoms with van der Waals surface area (Å²) >= 11 is 0. The van der Waals surface area contributed by atoms with Crippen LogP contribution in [-0.4, -0.2) is 20.4 Å². The first-order valence-corrected chi connectivity index (χ1v) is 8.30. The molecule has 3 aromatic heterocycles. The Labute approximate surface area is 140 Å². The zero-order chi connectivity index (χ0) is 16.7. The molecular weight excluding hydrogens is 300 g/mol. The van der Waals surface area contributed by atoms with E-state index in [4.69, 9.17) is 0 Å². The molecule has 1 fully saturated rings. The van der Waals surface area contributed by atoms with E-state index in [2.05, 4.69) is 39.0 Å². The molecule has 0 spiro atoms. The molecule has 0 atom stereocenters. The van der Waals surface area contributed by atoms with Crippen LogP contribution in [0.3, 0.4) is 0 Å². The minimum atomic E-state index is -0.123. The van der Waals surface area contributed by atoms with Crippen molar-refractivity contribution in [1.82, 2.24) is 14.5 Å². The summed E-state index contributed by atoms with van der Waals surface area (Å²) in [6, 6.07) is 6.01. The number of carbonyl (C=O) groups is 1. The van der Waals surface area contributed by atoms with Crippen LogP contribution in [0.2, 0.25) is 0 Å². The van der Waals surface area contributed by atoms with Gasteiger partial charge in [-0.1, -0.05) is 0 Å². The molecule has 0 saturated heterocycles. The number of rotatable bonds is 4. The monoisotopic (exact) mass is 320 g/mol. The number of anilines is 1. The largest absolute Gasteiger partial charge is 0.346 e. The van der Waals surface area contributed by atoms with Crippen molar-refractivity contribution < 1.29 is 4.79 Å². The van der Waals surface area contributed by atoms with Crippen molar-refractivity contribution >= 4 is 22.6 Å². The number of aryl methyl sites for hydroxylation is 1. The van der Waals surface area contributed by atoms with Gasteiger partial charge in [-0.3, -0.25) is 9.78 Å². The third-order valence-corrected chi connectivity index (χ3v) is 4.51. The Hall–Kier alpha value is -2.69. The first kappa shape index (κ1) is 14.9. The summed E-state index contributed by atoms with van der Waals surface area (Å²) in [6.07, 6.45) is 8.45. The number of nitrogens with one attached hydrogen (secondary N) is 1. The van der Waals surface area contributed by atoms with E-state index in [1.165, 1.54) is 30.7 Å². The van der Waals surface area contributed by atoms with E-state index >= 15 is 0 Å². The van der Waals surface area contributed by atoms with E-state index < -0.39 is 0 Å². The second-order valence-corrected chi connectivity index (χ2v) is 6.54. The number of hydrogen-bond donors (Lipinski definition) is 1. The van der Waals surface area contributed by atoms with Gasteiger partial charge in [-0.2, -0.15) is 0 Å². The predicted octanol–water partition coefficient (Wildman–Crippen LogP) is 3.78. The summed E-state index contributed by atoms with van der Waals surface area (Å²) in [5.74, 6) is 1.25. The minimum Gasteiger partial charge on any atom is -0.346 e. The maximum atomic E-state index is 11.3. The summed E-state index contributed by atoms with van der Waals surface area (Å²) in [6.45, 7) is 4.62. The van der Waals surface area contributed by atoms with Crippen LogP contribution in [-0.2, 0) is 11.3 Å². The van der Waals surface area contributed by atoms with Gasteiger partial charge < -0.3 is 9.88 Å². The first-order valence-electron chi connectivity index (χ1n) is 8.30. The lowest BCUT2D eigenvalue weighted by molar-refractivity contribution is -0.114. The van der Waals surface area contributed by atoms with E-state index in [0.29, 0.717) is 5.82 Å².